The minimum Gasteiger partial charge on any atom is -0.423 e. The summed E-state index contributed by atoms with van der Waals surface area (Å²) >= 11 is 0. The molecule has 0 aliphatic carbocycles. The predicted molar refractivity (Wildman–Crippen MR) is 47.4 cm³/mol. The number of carbonyl (C=O) groups is 1. The van der Waals surface area contributed by atoms with Crippen LogP contribution in [0.25, 0.3) is 0 Å². The highest BCUT2D eigenvalue weighted by molar-refractivity contribution is 5.95. The van der Waals surface area contributed by atoms with Crippen molar-refractivity contribution in [1.29, 1.82) is 0 Å². The van der Waals surface area contributed by atoms with Gasteiger partial charge in [-0.15, -0.1) is 0 Å². The molecule has 0 aromatic carbocycles. The van der Waals surface area contributed by atoms with Crippen LogP contribution in [-0.4, -0.2) is 5.97 Å². The summed E-state index contributed by atoms with van der Waals surface area (Å²) in [4.78, 5) is 11.3. The Bertz CT molecular complexity index is 277. The molecule has 0 amide bonds. The first kappa shape index (κ1) is 9.04. The molecule has 0 spiro atoms. The molecule has 1 heterocycles. The highest BCUT2D eigenvalue weighted by atomic mass is 16.5. The third kappa shape index (κ3) is 1.29. The Morgan fingerprint density at radius 1 is 1.33 bits per heavy atom. The Balaban J connectivity index is 3.18. The van der Waals surface area contributed by atoms with E-state index < -0.39 is 0 Å². The van der Waals surface area contributed by atoms with E-state index in [4.69, 9.17) is 4.74 Å². The second-order valence-electron chi connectivity index (χ2n) is 4.06. The van der Waals surface area contributed by atoms with Gasteiger partial charge in [0, 0.05) is 11.1 Å². The molecule has 2 nitrogen and oxygen atoms in total. The summed E-state index contributed by atoms with van der Waals surface area (Å²) in [6.07, 6.45) is 0. The first-order chi connectivity index (χ1) is 5.34. The topological polar surface area (TPSA) is 26.3 Å². The minimum absolute atomic E-state index is 0.152. The number of esters is 1. The fourth-order valence-electron chi connectivity index (χ4n) is 1.40. The van der Waals surface area contributed by atoms with Gasteiger partial charge in [-0.3, -0.25) is 0 Å². The van der Waals surface area contributed by atoms with Gasteiger partial charge in [-0.25, -0.2) is 4.79 Å². The van der Waals surface area contributed by atoms with Crippen LogP contribution in [0.15, 0.2) is 23.5 Å². The van der Waals surface area contributed by atoms with Gasteiger partial charge in [-0.05, 0) is 12.3 Å². The van der Waals surface area contributed by atoms with Crippen LogP contribution >= 0.6 is 0 Å². The maximum absolute atomic E-state index is 11.3. The number of carbonyl (C=O) groups excluding carboxylic acids is 1. The third-order valence-electron chi connectivity index (χ3n) is 1.96. The van der Waals surface area contributed by atoms with Crippen molar-refractivity contribution >= 4 is 5.97 Å². The van der Waals surface area contributed by atoms with Crippen molar-refractivity contribution in [2.75, 3.05) is 0 Å². The van der Waals surface area contributed by atoms with Crippen LogP contribution in [0.4, 0.5) is 0 Å². The van der Waals surface area contributed by atoms with Crippen LogP contribution in [0, 0.1) is 5.41 Å². The number of cyclic esters (lactones) is 1. The fraction of sp³-hybridized carbons (Fsp3) is 0.500. The van der Waals surface area contributed by atoms with Gasteiger partial charge in [0.2, 0.25) is 0 Å². The summed E-state index contributed by atoms with van der Waals surface area (Å²) < 4.78 is 4.91. The van der Waals surface area contributed by atoms with E-state index in [1.54, 1.807) is 0 Å². The first-order valence-electron chi connectivity index (χ1n) is 3.97. The molecule has 12 heavy (non-hydrogen) atoms. The van der Waals surface area contributed by atoms with Crippen LogP contribution in [0.5, 0.6) is 0 Å². The van der Waals surface area contributed by atoms with Crippen LogP contribution < -0.4 is 0 Å². The Hall–Kier alpha value is -1.05. The van der Waals surface area contributed by atoms with E-state index in [-0.39, 0.29) is 11.4 Å². The molecular formula is C10H14O2. The van der Waals surface area contributed by atoms with E-state index in [2.05, 4.69) is 6.58 Å². The Kier molecular flexibility index (Phi) is 1.86. The molecule has 2 heteroatoms. The smallest absolute Gasteiger partial charge is 0.340 e. The Morgan fingerprint density at radius 2 is 1.83 bits per heavy atom. The van der Waals surface area contributed by atoms with Gasteiger partial charge < -0.3 is 4.74 Å². The van der Waals surface area contributed by atoms with Gasteiger partial charge in [0.25, 0.3) is 0 Å². The lowest BCUT2D eigenvalue weighted by atomic mass is 9.84. The molecule has 1 aliphatic rings. The van der Waals surface area contributed by atoms with E-state index in [0.717, 1.165) is 11.1 Å². The third-order valence-corrected chi connectivity index (χ3v) is 1.96. The maximum Gasteiger partial charge on any atom is 0.340 e. The maximum atomic E-state index is 11.3. The van der Waals surface area contributed by atoms with Crippen LogP contribution in [0.1, 0.15) is 27.7 Å². The van der Waals surface area contributed by atoms with Gasteiger partial charge in [0.1, 0.15) is 5.76 Å². The molecule has 0 N–H and O–H groups in total. The second kappa shape index (κ2) is 2.47. The van der Waals surface area contributed by atoms with Gasteiger partial charge >= 0.3 is 5.97 Å². The highest BCUT2D eigenvalue weighted by Gasteiger charge is 2.33. The van der Waals surface area contributed by atoms with Crippen LogP contribution in [-0.2, 0) is 9.53 Å². The van der Waals surface area contributed by atoms with E-state index in [1.807, 2.05) is 27.7 Å². The van der Waals surface area contributed by atoms with E-state index in [1.165, 1.54) is 0 Å². The lowest BCUT2D eigenvalue weighted by molar-refractivity contribution is -0.134. The number of rotatable bonds is 0. The zero-order chi connectivity index (χ0) is 9.52. The molecule has 0 unspecified atom stereocenters. The molecule has 0 saturated heterocycles. The molecule has 0 aromatic rings. The summed E-state index contributed by atoms with van der Waals surface area (Å²) in [6.45, 7) is 11.5. The normalized spacial score (nSPS) is 18.7. The van der Waals surface area contributed by atoms with Crippen LogP contribution in [0.2, 0.25) is 0 Å². The van der Waals surface area contributed by atoms with E-state index >= 15 is 0 Å². The predicted octanol–water partition coefficient (Wildman–Crippen LogP) is 2.42. The number of hydrogen-bond acceptors (Lipinski definition) is 2. The van der Waals surface area contributed by atoms with Gasteiger partial charge in [0.15, 0.2) is 0 Å². The van der Waals surface area contributed by atoms with Crippen molar-refractivity contribution in [1.82, 2.24) is 0 Å². The molecule has 1 aliphatic heterocycles. The summed E-state index contributed by atoms with van der Waals surface area (Å²) in [6, 6.07) is 0. The molecule has 0 bridgehead atoms. The second-order valence-corrected chi connectivity index (χ2v) is 4.06. The van der Waals surface area contributed by atoms with Crippen LogP contribution in [0.3, 0.4) is 0 Å². The number of ether oxygens (including phenoxy) is 1. The Labute approximate surface area is 72.9 Å². The summed E-state index contributed by atoms with van der Waals surface area (Å²) in [7, 11) is 0. The fourth-order valence-corrected chi connectivity index (χ4v) is 1.40. The molecule has 1 rings (SSSR count). The average molecular weight is 166 g/mol. The largest absolute Gasteiger partial charge is 0.423 e. The highest BCUT2D eigenvalue weighted by Crippen LogP contribution is 2.36. The van der Waals surface area contributed by atoms with E-state index in [9.17, 15) is 4.79 Å². The summed E-state index contributed by atoms with van der Waals surface area (Å²) in [5.41, 5.74) is 1.47. The first-order valence-corrected chi connectivity index (χ1v) is 3.97. The van der Waals surface area contributed by atoms with Crippen molar-refractivity contribution in [3.05, 3.63) is 23.5 Å². The van der Waals surface area contributed by atoms with Crippen molar-refractivity contribution in [2.24, 2.45) is 5.41 Å². The molecular weight excluding hydrogens is 152 g/mol. The molecule has 0 aromatic heterocycles. The monoisotopic (exact) mass is 166 g/mol. The standard InChI is InChI=1S/C10H14O2/c1-6-7(2)12-9(11)8(6)10(3,4)5/h2H2,1,3-5H3. The van der Waals surface area contributed by atoms with Crippen molar-refractivity contribution in [2.45, 2.75) is 27.7 Å². The van der Waals surface area contributed by atoms with Crippen molar-refractivity contribution < 1.29 is 9.53 Å². The number of allylic oxidation sites excluding steroid dienone is 1. The zero-order valence-corrected chi connectivity index (χ0v) is 8.02. The number of hydrogen-bond donors (Lipinski definition) is 0. The quantitative estimate of drug-likeness (QED) is 0.516. The molecule has 0 fully saturated rings. The van der Waals surface area contributed by atoms with Gasteiger partial charge in [0.05, 0.1) is 0 Å². The van der Waals surface area contributed by atoms with Gasteiger partial charge in [-0.2, -0.15) is 0 Å². The Morgan fingerprint density at radius 3 is 2.00 bits per heavy atom. The van der Waals surface area contributed by atoms with Crippen molar-refractivity contribution in [3.8, 4) is 0 Å². The lowest BCUT2D eigenvalue weighted by Gasteiger charge is -2.17. The van der Waals surface area contributed by atoms with E-state index in [0.29, 0.717) is 5.76 Å². The SMILES string of the molecule is C=C1OC(=O)C(C(C)(C)C)=C1C. The summed E-state index contributed by atoms with van der Waals surface area (Å²) in [5.74, 6) is 0.245. The molecule has 0 saturated carbocycles. The lowest BCUT2D eigenvalue weighted by Crippen LogP contribution is -2.15. The molecule has 66 valence electrons. The molecule has 0 atom stereocenters. The zero-order valence-electron chi connectivity index (χ0n) is 8.02. The van der Waals surface area contributed by atoms with Gasteiger partial charge in [-0.1, -0.05) is 27.4 Å². The molecule has 0 radical (unpaired) electrons. The summed E-state index contributed by atoms with van der Waals surface area (Å²) in [5, 5.41) is 0. The van der Waals surface area contributed by atoms with Crippen molar-refractivity contribution in [3.63, 3.8) is 0 Å². The minimum atomic E-state index is -0.245. The average Bonchev–Trinajstić information content (AvgIpc) is 2.05.